The van der Waals surface area contributed by atoms with Gasteiger partial charge in [-0.15, -0.1) is 5.10 Å². The minimum Gasteiger partial charge on any atom is -0.461 e. The van der Waals surface area contributed by atoms with E-state index >= 15 is 0 Å². The fourth-order valence-electron chi connectivity index (χ4n) is 4.57. The first-order valence-electron chi connectivity index (χ1n) is 12.4. The molecule has 5 rings (SSSR count). The maximum Gasteiger partial charge on any atom is 0.354 e. The predicted molar refractivity (Wildman–Crippen MR) is 140 cm³/mol. The van der Waals surface area contributed by atoms with Gasteiger partial charge in [-0.25, -0.2) is 9.31 Å². The molecule has 0 aliphatic carbocycles. The van der Waals surface area contributed by atoms with E-state index in [9.17, 15) is 9.90 Å². The topological polar surface area (TPSA) is 107 Å². The van der Waals surface area contributed by atoms with E-state index in [1.54, 1.807) is 16.8 Å². The number of esters is 1. The molecule has 0 aliphatic rings. The Morgan fingerprint density at radius 2 is 1.92 bits per heavy atom. The quantitative estimate of drug-likeness (QED) is 0.284. The van der Waals surface area contributed by atoms with Crippen LogP contribution in [0.3, 0.4) is 0 Å². The maximum absolute atomic E-state index is 12.7. The summed E-state index contributed by atoms with van der Waals surface area (Å²) in [5.74, 6) is -0.319. The van der Waals surface area contributed by atoms with Gasteiger partial charge in [0, 0.05) is 41.8 Å². The molecule has 9 nitrogen and oxygen atoms in total. The van der Waals surface area contributed by atoms with Crippen LogP contribution in [0.25, 0.3) is 16.6 Å². The molecule has 37 heavy (non-hydrogen) atoms. The second-order valence-electron chi connectivity index (χ2n) is 9.19. The number of hydrogen-bond acceptors (Lipinski definition) is 7. The van der Waals surface area contributed by atoms with Crippen LogP contribution in [0.5, 0.6) is 0 Å². The highest BCUT2D eigenvalue weighted by molar-refractivity contribution is 5.96. The maximum atomic E-state index is 12.7. The fourth-order valence-corrected chi connectivity index (χ4v) is 4.57. The van der Waals surface area contributed by atoms with Crippen LogP contribution in [0, 0.1) is 0 Å². The molecule has 2 N–H and O–H groups in total. The highest BCUT2D eigenvalue weighted by Gasteiger charge is 2.18. The van der Waals surface area contributed by atoms with E-state index in [-0.39, 0.29) is 12.0 Å². The summed E-state index contributed by atoms with van der Waals surface area (Å²) in [5.41, 5.74) is 5.18. The molecule has 0 fully saturated rings. The number of tetrazole rings is 1. The van der Waals surface area contributed by atoms with E-state index in [0.29, 0.717) is 31.0 Å². The number of aliphatic hydroxyl groups excluding tert-OH is 1. The highest BCUT2D eigenvalue weighted by Crippen LogP contribution is 2.24. The molecule has 2 aromatic carbocycles. The molecule has 0 amide bonds. The third-order valence-electron chi connectivity index (χ3n) is 6.43. The van der Waals surface area contributed by atoms with Crippen LogP contribution >= 0.6 is 0 Å². The standard InChI is InChI=1S/C28H30N6O3/c1-3-37-28(36)25-15-23-14-21(9-11-24(23)33(25)17-20-7-5-4-6-8-20)13-19(2)29-16-26(35)22-10-12-27-30-31-32-34(27)18-22/h4-12,14-15,18-19,26,29,35H,3,13,16-17H2,1-2H3. The van der Waals surface area contributed by atoms with Gasteiger partial charge in [-0.1, -0.05) is 42.5 Å². The second-order valence-corrected chi connectivity index (χ2v) is 9.19. The summed E-state index contributed by atoms with van der Waals surface area (Å²) in [7, 11) is 0. The fraction of sp³-hybridized carbons (Fsp3) is 0.286. The van der Waals surface area contributed by atoms with Gasteiger partial charge in [-0.2, -0.15) is 0 Å². The van der Waals surface area contributed by atoms with Crippen molar-refractivity contribution in [2.24, 2.45) is 0 Å². The monoisotopic (exact) mass is 498 g/mol. The van der Waals surface area contributed by atoms with Gasteiger partial charge in [0.1, 0.15) is 5.69 Å². The molecular formula is C28H30N6O3. The van der Waals surface area contributed by atoms with Gasteiger partial charge in [-0.05, 0) is 66.1 Å². The first kappa shape index (κ1) is 24.6. The number of hydrogen-bond donors (Lipinski definition) is 2. The molecule has 3 heterocycles. The number of carbonyl (C=O) groups excluding carboxylic acids is 1. The Balaban J connectivity index is 1.29. The van der Waals surface area contributed by atoms with Gasteiger partial charge in [0.2, 0.25) is 0 Å². The SMILES string of the molecule is CCOC(=O)c1cc2cc(CC(C)NCC(O)c3ccc4nnnn4c3)ccc2n1Cc1ccccc1. The molecule has 3 aromatic heterocycles. The van der Waals surface area contributed by atoms with Gasteiger partial charge in [0.05, 0.1) is 12.7 Å². The van der Waals surface area contributed by atoms with Gasteiger partial charge in [0.15, 0.2) is 5.65 Å². The molecule has 5 aromatic rings. The molecule has 0 bridgehead atoms. The lowest BCUT2D eigenvalue weighted by Crippen LogP contribution is -2.32. The summed E-state index contributed by atoms with van der Waals surface area (Å²) in [5, 5.41) is 26.4. The van der Waals surface area contributed by atoms with Crippen LogP contribution in [0.2, 0.25) is 0 Å². The number of ether oxygens (including phenoxy) is 1. The molecule has 0 aliphatic heterocycles. The number of nitrogens with zero attached hydrogens (tertiary/aromatic N) is 5. The molecule has 0 saturated carbocycles. The lowest BCUT2D eigenvalue weighted by Gasteiger charge is -2.18. The molecule has 2 atom stereocenters. The lowest BCUT2D eigenvalue weighted by molar-refractivity contribution is 0.0515. The van der Waals surface area contributed by atoms with Gasteiger partial charge < -0.3 is 19.7 Å². The Morgan fingerprint density at radius 1 is 1.08 bits per heavy atom. The van der Waals surface area contributed by atoms with E-state index in [0.717, 1.165) is 34.0 Å². The Labute approximate surface area is 214 Å². The smallest absolute Gasteiger partial charge is 0.354 e. The summed E-state index contributed by atoms with van der Waals surface area (Å²) in [6.45, 7) is 5.22. The van der Waals surface area contributed by atoms with Crippen LogP contribution in [0.1, 0.15) is 47.1 Å². The van der Waals surface area contributed by atoms with Crippen molar-refractivity contribution in [1.82, 2.24) is 29.9 Å². The van der Waals surface area contributed by atoms with Crippen molar-refractivity contribution in [3.8, 4) is 0 Å². The van der Waals surface area contributed by atoms with Crippen molar-refractivity contribution in [3.63, 3.8) is 0 Å². The van der Waals surface area contributed by atoms with Gasteiger partial charge in [0.25, 0.3) is 0 Å². The molecule has 2 unspecified atom stereocenters. The number of aromatic nitrogens is 5. The third kappa shape index (κ3) is 5.52. The van der Waals surface area contributed by atoms with Crippen molar-refractivity contribution >= 4 is 22.5 Å². The van der Waals surface area contributed by atoms with E-state index in [2.05, 4.69) is 58.1 Å². The number of rotatable bonds is 10. The largest absolute Gasteiger partial charge is 0.461 e. The number of fused-ring (bicyclic) bond motifs is 2. The Morgan fingerprint density at radius 3 is 2.73 bits per heavy atom. The molecular weight excluding hydrogens is 468 g/mol. The number of aliphatic hydroxyl groups is 1. The van der Waals surface area contributed by atoms with Crippen LogP contribution in [-0.2, 0) is 17.7 Å². The normalized spacial score (nSPS) is 13.2. The van der Waals surface area contributed by atoms with Crippen LogP contribution in [0.15, 0.2) is 72.9 Å². The van der Waals surface area contributed by atoms with E-state index in [1.807, 2.05) is 41.8 Å². The zero-order valence-electron chi connectivity index (χ0n) is 20.9. The van der Waals surface area contributed by atoms with Crippen molar-refractivity contribution in [3.05, 3.63) is 95.3 Å². The average Bonchev–Trinajstić information content (AvgIpc) is 3.52. The van der Waals surface area contributed by atoms with Crippen LogP contribution in [-0.4, -0.2) is 54.9 Å². The Hall–Kier alpha value is -4.08. The van der Waals surface area contributed by atoms with Crippen LogP contribution in [0.4, 0.5) is 0 Å². The minimum atomic E-state index is -0.683. The predicted octanol–water partition coefficient (Wildman–Crippen LogP) is 3.56. The summed E-state index contributed by atoms with van der Waals surface area (Å²) in [6.07, 6.45) is 1.83. The average molecular weight is 499 g/mol. The summed E-state index contributed by atoms with van der Waals surface area (Å²) in [4.78, 5) is 12.7. The zero-order chi connectivity index (χ0) is 25.8. The molecule has 9 heteroatoms. The molecule has 190 valence electrons. The number of nitrogens with one attached hydrogen (secondary N) is 1. The zero-order valence-corrected chi connectivity index (χ0v) is 20.9. The first-order valence-corrected chi connectivity index (χ1v) is 12.4. The number of carbonyl (C=O) groups is 1. The molecule has 0 spiro atoms. The van der Waals surface area contributed by atoms with Gasteiger partial charge in [-0.3, -0.25) is 0 Å². The molecule has 0 saturated heterocycles. The van der Waals surface area contributed by atoms with E-state index < -0.39 is 6.10 Å². The van der Waals surface area contributed by atoms with Crippen LogP contribution < -0.4 is 5.32 Å². The van der Waals surface area contributed by atoms with Crippen molar-refractivity contribution in [1.29, 1.82) is 0 Å². The first-order chi connectivity index (χ1) is 18.0. The molecule has 0 radical (unpaired) electrons. The second kappa shape index (κ2) is 10.9. The highest BCUT2D eigenvalue weighted by atomic mass is 16.5. The Kier molecular flexibility index (Phi) is 7.25. The summed E-state index contributed by atoms with van der Waals surface area (Å²) < 4.78 is 8.90. The third-order valence-corrected chi connectivity index (χ3v) is 6.43. The van der Waals surface area contributed by atoms with Crippen molar-refractivity contribution in [2.45, 2.75) is 39.0 Å². The number of pyridine rings is 1. The minimum absolute atomic E-state index is 0.125. The van der Waals surface area contributed by atoms with E-state index in [1.165, 1.54) is 0 Å². The number of benzene rings is 2. The van der Waals surface area contributed by atoms with Gasteiger partial charge >= 0.3 is 5.97 Å². The van der Waals surface area contributed by atoms with E-state index in [4.69, 9.17) is 4.74 Å². The van der Waals surface area contributed by atoms with Crippen molar-refractivity contribution in [2.75, 3.05) is 13.2 Å². The Bertz CT molecular complexity index is 1510. The lowest BCUT2D eigenvalue weighted by atomic mass is 10.0. The summed E-state index contributed by atoms with van der Waals surface area (Å²) >= 11 is 0. The van der Waals surface area contributed by atoms with Crippen molar-refractivity contribution < 1.29 is 14.6 Å². The summed E-state index contributed by atoms with van der Waals surface area (Å²) in [6, 6.07) is 22.0.